The normalized spacial score (nSPS) is 11.3. The van der Waals surface area contributed by atoms with E-state index in [1.165, 1.54) is 25.2 Å². The van der Waals surface area contributed by atoms with Gasteiger partial charge in [-0.05, 0) is 24.3 Å². The van der Waals surface area contributed by atoms with Gasteiger partial charge in [0.2, 0.25) is 0 Å². The summed E-state index contributed by atoms with van der Waals surface area (Å²) in [5, 5.41) is 7.81. The molecule has 7 nitrogen and oxygen atoms in total. The van der Waals surface area contributed by atoms with Crippen LogP contribution in [0, 0.1) is 5.82 Å². The Kier molecular flexibility index (Phi) is 6.18. The van der Waals surface area contributed by atoms with Crippen molar-refractivity contribution in [1.29, 1.82) is 0 Å². The van der Waals surface area contributed by atoms with Gasteiger partial charge in [-0.2, -0.15) is 18.3 Å². The first kappa shape index (κ1) is 22.5. The van der Waals surface area contributed by atoms with Crippen LogP contribution in [0.1, 0.15) is 26.5 Å². The van der Waals surface area contributed by atoms with Gasteiger partial charge in [-0.15, -0.1) is 0 Å². The van der Waals surface area contributed by atoms with E-state index in [1.807, 2.05) is 0 Å². The van der Waals surface area contributed by atoms with E-state index in [4.69, 9.17) is 23.2 Å². The minimum atomic E-state index is -4.92. The first-order valence-electron chi connectivity index (χ1n) is 8.33. The maximum Gasteiger partial charge on any atom is 0.435 e. The summed E-state index contributed by atoms with van der Waals surface area (Å²) in [7, 11) is 1.32. The van der Waals surface area contributed by atoms with Crippen LogP contribution in [0.25, 0.3) is 5.82 Å². The molecule has 0 spiro atoms. The Hall–Kier alpha value is -3.18. The monoisotopic (exact) mass is 475 g/mol. The first-order valence-corrected chi connectivity index (χ1v) is 9.09. The van der Waals surface area contributed by atoms with Crippen molar-refractivity contribution < 1.29 is 27.2 Å². The molecule has 0 bridgehead atoms. The number of pyridine rings is 1. The fourth-order valence-corrected chi connectivity index (χ4v) is 3.11. The summed E-state index contributed by atoms with van der Waals surface area (Å²) in [4.78, 5) is 28.6. The summed E-state index contributed by atoms with van der Waals surface area (Å²) in [5.41, 5.74) is -2.49. The lowest BCUT2D eigenvalue weighted by atomic mass is 10.1. The molecule has 13 heteroatoms. The zero-order chi connectivity index (χ0) is 22.9. The fraction of sp³-hybridized carbons (Fsp3) is 0.111. The van der Waals surface area contributed by atoms with Crippen molar-refractivity contribution in [3.63, 3.8) is 0 Å². The minimum absolute atomic E-state index is 0.0848. The van der Waals surface area contributed by atoms with Crippen molar-refractivity contribution in [2.24, 2.45) is 0 Å². The molecule has 2 heterocycles. The summed E-state index contributed by atoms with van der Waals surface area (Å²) in [6, 6.07) is 5.02. The van der Waals surface area contributed by atoms with Gasteiger partial charge in [0.15, 0.2) is 17.3 Å². The number of nitrogens with zero attached hydrogens (tertiary/aromatic N) is 3. The highest BCUT2D eigenvalue weighted by Crippen LogP contribution is 2.32. The second kappa shape index (κ2) is 8.52. The molecule has 3 aromatic rings. The van der Waals surface area contributed by atoms with E-state index in [0.29, 0.717) is 10.7 Å². The molecule has 0 aliphatic heterocycles. The third-order valence-electron chi connectivity index (χ3n) is 3.94. The molecule has 0 saturated heterocycles. The summed E-state index contributed by atoms with van der Waals surface area (Å²) < 4.78 is 54.2. The van der Waals surface area contributed by atoms with Crippen LogP contribution in [0.15, 0.2) is 36.5 Å². The van der Waals surface area contributed by atoms with Crippen LogP contribution in [0.3, 0.4) is 0 Å². The lowest BCUT2D eigenvalue weighted by Gasteiger charge is -2.13. The van der Waals surface area contributed by atoms with Crippen molar-refractivity contribution in [2.75, 3.05) is 12.4 Å². The minimum Gasteiger partial charge on any atom is -0.355 e. The van der Waals surface area contributed by atoms with Crippen LogP contribution in [0.2, 0.25) is 10.0 Å². The third kappa shape index (κ3) is 4.62. The number of anilines is 1. The molecule has 2 aromatic heterocycles. The van der Waals surface area contributed by atoms with E-state index in [0.717, 1.165) is 12.3 Å². The zero-order valence-electron chi connectivity index (χ0n) is 15.4. The Morgan fingerprint density at radius 3 is 2.45 bits per heavy atom. The molecule has 0 aliphatic carbocycles. The van der Waals surface area contributed by atoms with Gasteiger partial charge in [-0.1, -0.05) is 23.2 Å². The Morgan fingerprint density at radius 1 is 1.13 bits per heavy atom. The summed E-state index contributed by atoms with van der Waals surface area (Å²) in [6.45, 7) is 0. The van der Waals surface area contributed by atoms with Crippen LogP contribution in [0.5, 0.6) is 0 Å². The highest BCUT2D eigenvalue weighted by atomic mass is 35.5. The van der Waals surface area contributed by atoms with Crippen molar-refractivity contribution in [1.82, 2.24) is 20.1 Å². The van der Waals surface area contributed by atoms with Gasteiger partial charge in [0.05, 0.1) is 16.3 Å². The van der Waals surface area contributed by atoms with Gasteiger partial charge in [0.25, 0.3) is 11.8 Å². The second-order valence-corrected chi connectivity index (χ2v) is 6.82. The lowest BCUT2D eigenvalue weighted by Crippen LogP contribution is -2.23. The average Bonchev–Trinajstić information content (AvgIpc) is 3.15. The summed E-state index contributed by atoms with van der Waals surface area (Å²) in [5.74, 6) is -3.46. The number of aromatic nitrogens is 3. The second-order valence-electron chi connectivity index (χ2n) is 5.98. The molecule has 0 saturated carbocycles. The molecule has 0 atom stereocenters. The van der Waals surface area contributed by atoms with Gasteiger partial charge in [-0.3, -0.25) is 9.59 Å². The highest BCUT2D eigenvalue weighted by molar-refractivity contribution is 6.38. The van der Waals surface area contributed by atoms with E-state index in [2.05, 4.69) is 20.7 Å². The predicted octanol–water partition coefficient (Wildman–Crippen LogP) is 4.34. The number of rotatable bonds is 4. The standard InChI is InChI=1S/C18H11Cl2F4N5O2/c1-25-16(30)9-5-8(19)6-10(20)14(9)27-17(31)12-7-13(18(22,23)24)28-29(12)15-11(21)3-2-4-26-15/h2-7H,1H3,(H,25,30)(H,27,31). The molecular formula is C18H11Cl2F4N5O2. The number of hydrogen-bond donors (Lipinski definition) is 2. The Labute approximate surface area is 182 Å². The Bertz CT molecular complexity index is 1180. The van der Waals surface area contributed by atoms with Gasteiger partial charge >= 0.3 is 6.18 Å². The van der Waals surface area contributed by atoms with Crippen molar-refractivity contribution in [3.05, 3.63) is 69.3 Å². The molecule has 0 fully saturated rings. The van der Waals surface area contributed by atoms with Gasteiger partial charge in [-0.25, -0.2) is 14.1 Å². The average molecular weight is 476 g/mol. The molecule has 3 rings (SSSR count). The van der Waals surface area contributed by atoms with Crippen molar-refractivity contribution >= 4 is 40.7 Å². The van der Waals surface area contributed by atoms with Crippen molar-refractivity contribution in [3.8, 4) is 5.82 Å². The topological polar surface area (TPSA) is 88.9 Å². The van der Waals surface area contributed by atoms with Crippen LogP contribution in [-0.2, 0) is 6.18 Å². The highest BCUT2D eigenvalue weighted by Gasteiger charge is 2.37. The van der Waals surface area contributed by atoms with E-state index < -0.39 is 41.0 Å². The predicted molar refractivity (Wildman–Crippen MR) is 104 cm³/mol. The number of hydrogen-bond acceptors (Lipinski definition) is 4. The third-order valence-corrected chi connectivity index (χ3v) is 4.45. The summed E-state index contributed by atoms with van der Waals surface area (Å²) >= 11 is 12.0. The largest absolute Gasteiger partial charge is 0.435 e. The molecule has 2 N–H and O–H groups in total. The fourth-order valence-electron chi connectivity index (χ4n) is 2.57. The maximum absolute atomic E-state index is 14.2. The van der Waals surface area contributed by atoms with E-state index in [9.17, 15) is 27.2 Å². The molecule has 0 aliphatic rings. The van der Waals surface area contributed by atoms with E-state index in [-0.39, 0.29) is 21.3 Å². The SMILES string of the molecule is CNC(=O)c1cc(Cl)cc(Cl)c1NC(=O)c1cc(C(F)(F)F)nn1-c1ncccc1F. The van der Waals surface area contributed by atoms with Crippen LogP contribution in [-0.4, -0.2) is 33.6 Å². The molecule has 162 valence electrons. The molecule has 0 unspecified atom stereocenters. The quantitative estimate of drug-likeness (QED) is 0.549. The number of benzene rings is 1. The zero-order valence-corrected chi connectivity index (χ0v) is 16.9. The number of halogens is 6. The molecule has 0 radical (unpaired) electrons. The molecule has 1 aromatic carbocycles. The van der Waals surface area contributed by atoms with E-state index >= 15 is 0 Å². The van der Waals surface area contributed by atoms with E-state index in [1.54, 1.807) is 0 Å². The lowest BCUT2D eigenvalue weighted by molar-refractivity contribution is -0.141. The van der Waals surface area contributed by atoms with Gasteiger partial charge in [0.1, 0.15) is 5.69 Å². The Balaban J connectivity index is 2.12. The number of amides is 2. The van der Waals surface area contributed by atoms with Crippen LogP contribution in [0.4, 0.5) is 23.2 Å². The number of carbonyl (C=O) groups is 2. The van der Waals surface area contributed by atoms with Crippen LogP contribution >= 0.6 is 23.2 Å². The first-order chi connectivity index (χ1) is 14.5. The van der Waals surface area contributed by atoms with Gasteiger partial charge < -0.3 is 10.6 Å². The van der Waals surface area contributed by atoms with Crippen LogP contribution < -0.4 is 10.6 Å². The number of nitrogens with one attached hydrogen (secondary N) is 2. The molecular weight excluding hydrogens is 465 g/mol. The number of alkyl halides is 3. The smallest absolute Gasteiger partial charge is 0.355 e. The molecule has 2 amide bonds. The van der Waals surface area contributed by atoms with Gasteiger partial charge in [0, 0.05) is 24.3 Å². The Morgan fingerprint density at radius 2 is 1.84 bits per heavy atom. The molecule has 31 heavy (non-hydrogen) atoms. The maximum atomic E-state index is 14.2. The number of carbonyl (C=O) groups excluding carboxylic acids is 2. The van der Waals surface area contributed by atoms with Crippen molar-refractivity contribution in [2.45, 2.75) is 6.18 Å². The summed E-state index contributed by atoms with van der Waals surface area (Å²) in [6.07, 6.45) is -3.80.